The molecule has 5 nitrogen and oxygen atoms in total. The molecule has 0 bridgehead atoms. The fraction of sp³-hybridized carbons (Fsp3) is 0.293. The second-order valence-corrected chi connectivity index (χ2v) is 31.3. The first-order chi connectivity index (χ1) is 41.4. The highest BCUT2D eigenvalue weighted by Gasteiger charge is 2.50. The van der Waals surface area contributed by atoms with Gasteiger partial charge in [0.15, 0.2) is 0 Å². The number of rotatable bonds is 7. The van der Waals surface area contributed by atoms with E-state index in [1.807, 2.05) is 0 Å². The molecular formula is C82H87BN4O. The van der Waals surface area contributed by atoms with Crippen molar-refractivity contribution < 1.29 is 4.42 Å². The number of hydrogen-bond acceptors (Lipinski definition) is 4. The molecule has 2 aromatic heterocycles. The number of anilines is 9. The smallest absolute Gasteiger partial charge is 0.299 e. The summed E-state index contributed by atoms with van der Waals surface area (Å²) in [5.74, 6) is 1.10. The summed E-state index contributed by atoms with van der Waals surface area (Å²) in [4.78, 5) is 7.66. The minimum atomic E-state index is -0.342. The lowest BCUT2D eigenvalue weighted by Crippen LogP contribution is -2.61. The van der Waals surface area contributed by atoms with Crippen molar-refractivity contribution in [2.45, 2.75) is 157 Å². The molecule has 444 valence electrons. The van der Waals surface area contributed by atoms with E-state index in [1.54, 1.807) is 0 Å². The van der Waals surface area contributed by atoms with Crippen LogP contribution in [-0.2, 0) is 32.5 Å². The zero-order valence-corrected chi connectivity index (χ0v) is 55.3. The summed E-state index contributed by atoms with van der Waals surface area (Å²) in [6.45, 7) is 41.2. The largest absolute Gasteiger partial charge is 0.468 e. The zero-order valence-electron chi connectivity index (χ0n) is 55.3. The molecule has 0 aliphatic carbocycles. The van der Waals surface area contributed by atoms with E-state index in [4.69, 9.17) is 4.42 Å². The van der Waals surface area contributed by atoms with Gasteiger partial charge in [-0.3, -0.25) is 9.47 Å². The van der Waals surface area contributed by atoms with Crippen molar-refractivity contribution in [3.05, 3.63) is 234 Å². The van der Waals surface area contributed by atoms with Crippen molar-refractivity contribution in [1.29, 1.82) is 0 Å². The Morgan fingerprint density at radius 3 is 1.23 bits per heavy atom. The molecule has 2 aliphatic heterocycles. The van der Waals surface area contributed by atoms with Crippen LogP contribution in [0.1, 0.15) is 158 Å². The van der Waals surface area contributed by atoms with E-state index < -0.39 is 0 Å². The molecule has 88 heavy (non-hydrogen) atoms. The molecule has 0 radical (unpaired) electrons. The van der Waals surface area contributed by atoms with Gasteiger partial charge < -0.3 is 14.2 Å². The predicted octanol–water partition coefficient (Wildman–Crippen LogP) is 21.4. The molecule has 0 fully saturated rings. The van der Waals surface area contributed by atoms with Crippen LogP contribution in [0.2, 0.25) is 0 Å². The number of furan rings is 1. The van der Waals surface area contributed by atoms with E-state index in [-0.39, 0.29) is 39.2 Å². The maximum absolute atomic E-state index is 7.74. The normalized spacial score (nSPS) is 13.7. The molecule has 11 aromatic rings. The molecule has 0 unspecified atom stereocenters. The van der Waals surface area contributed by atoms with Crippen molar-refractivity contribution in [2.75, 3.05) is 14.7 Å². The molecule has 13 rings (SSSR count). The molecule has 0 saturated carbocycles. The summed E-state index contributed by atoms with van der Waals surface area (Å²) in [5, 5.41) is 2.28. The Labute approximate surface area is 524 Å². The van der Waals surface area contributed by atoms with Crippen LogP contribution in [0.3, 0.4) is 0 Å². The van der Waals surface area contributed by atoms with Gasteiger partial charge in [-0.05, 0) is 190 Å². The summed E-state index contributed by atoms with van der Waals surface area (Å²) in [6, 6.07) is 76.7. The molecule has 9 aromatic carbocycles. The molecule has 0 amide bonds. The minimum absolute atomic E-state index is 0.0306. The lowest BCUT2D eigenvalue weighted by atomic mass is 9.35. The number of benzene rings is 9. The van der Waals surface area contributed by atoms with E-state index >= 15 is 0 Å². The van der Waals surface area contributed by atoms with E-state index in [2.05, 4.69) is 344 Å². The number of aromatic nitrogens is 1. The van der Waals surface area contributed by atoms with Crippen LogP contribution in [-0.4, -0.2) is 11.3 Å². The van der Waals surface area contributed by atoms with Gasteiger partial charge in [0, 0.05) is 45.2 Å². The van der Waals surface area contributed by atoms with Gasteiger partial charge in [0.2, 0.25) is 0 Å². The molecule has 0 saturated heterocycles. The Morgan fingerprint density at radius 1 is 0.341 bits per heavy atom. The third-order valence-electron chi connectivity index (χ3n) is 18.7. The fourth-order valence-electron chi connectivity index (χ4n) is 13.4. The van der Waals surface area contributed by atoms with Gasteiger partial charge in [0.05, 0.1) is 22.6 Å². The van der Waals surface area contributed by atoms with Crippen LogP contribution in [0.4, 0.5) is 51.3 Å². The summed E-state index contributed by atoms with van der Waals surface area (Å²) < 4.78 is 10.3. The van der Waals surface area contributed by atoms with Crippen molar-refractivity contribution in [2.24, 2.45) is 0 Å². The average Bonchev–Trinajstić information content (AvgIpc) is 1.42. The number of nitrogens with zero attached hydrogens (tertiary/aromatic N) is 4. The number of fused-ring (bicyclic) bond motifs is 8. The Morgan fingerprint density at radius 2 is 0.761 bits per heavy atom. The molecule has 6 heteroatoms. The summed E-state index contributed by atoms with van der Waals surface area (Å²) in [5.41, 5.74) is 24.8. The van der Waals surface area contributed by atoms with Gasteiger partial charge in [-0.25, -0.2) is 0 Å². The lowest BCUT2D eigenvalue weighted by Gasteiger charge is -2.43. The first kappa shape index (κ1) is 58.5. The minimum Gasteiger partial charge on any atom is -0.468 e. The summed E-state index contributed by atoms with van der Waals surface area (Å²) in [7, 11) is 0. The fourth-order valence-corrected chi connectivity index (χ4v) is 13.4. The van der Waals surface area contributed by atoms with Crippen molar-refractivity contribution in [3.63, 3.8) is 0 Å². The second kappa shape index (κ2) is 20.6. The van der Waals surface area contributed by atoms with Crippen molar-refractivity contribution >= 4 is 96.5 Å². The van der Waals surface area contributed by atoms with Gasteiger partial charge in [0.25, 0.3) is 6.71 Å². The van der Waals surface area contributed by atoms with Crippen molar-refractivity contribution in [3.8, 4) is 16.8 Å². The Kier molecular flexibility index (Phi) is 13.7. The maximum atomic E-state index is 7.74. The topological polar surface area (TPSA) is 27.8 Å². The highest BCUT2D eigenvalue weighted by atomic mass is 16.3. The van der Waals surface area contributed by atoms with E-state index in [0.717, 1.165) is 90.3 Å². The molecule has 0 atom stereocenters. The number of hydrogen-bond donors (Lipinski definition) is 0. The van der Waals surface area contributed by atoms with Crippen LogP contribution >= 0.6 is 0 Å². The lowest BCUT2D eigenvalue weighted by molar-refractivity contribution is 0.590. The Hall–Kier alpha value is -8.48. The van der Waals surface area contributed by atoms with Crippen LogP contribution in [0.5, 0.6) is 0 Å². The quantitative estimate of drug-likeness (QED) is 0.149. The van der Waals surface area contributed by atoms with Gasteiger partial charge in [-0.15, -0.1) is 0 Å². The van der Waals surface area contributed by atoms with Gasteiger partial charge >= 0.3 is 0 Å². The Bertz CT molecular complexity index is 4390. The van der Waals surface area contributed by atoms with Gasteiger partial charge in [-0.1, -0.05) is 228 Å². The molecule has 0 N–H and O–H groups in total. The maximum Gasteiger partial charge on any atom is 0.299 e. The van der Waals surface area contributed by atoms with Gasteiger partial charge in [-0.2, -0.15) is 0 Å². The zero-order chi connectivity index (χ0) is 62.4. The summed E-state index contributed by atoms with van der Waals surface area (Å²) >= 11 is 0. The van der Waals surface area contributed by atoms with Crippen molar-refractivity contribution in [1.82, 2.24) is 4.57 Å². The van der Waals surface area contributed by atoms with Crippen LogP contribution < -0.4 is 31.3 Å². The Balaban J connectivity index is 1.22. The first-order valence-corrected chi connectivity index (χ1v) is 31.9. The van der Waals surface area contributed by atoms with Crippen LogP contribution in [0.25, 0.3) is 38.7 Å². The van der Waals surface area contributed by atoms with Crippen LogP contribution in [0, 0.1) is 0 Å². The van der Waals surface area contributed by atoms with E-state index in [1.165, 1.54) is 49.7 Å². The highest BCUT2D eigenvalue weighted by Crippen LogP contribution is 2.53. The van der Waals surface area contributed by atoms with Gasteiger partial charge in [0.1, 0.15) is 11.4 Å². The summed E-state index contributed by atoms with van der Waals surface area (Å²) in [6.07, 6.45) is 0. The molecular weight excluding hydrogens is 1070 g/mol. The van der Waals surface area contributed by atoms with E-state index in [9.17, 15) is 0 Å². The molecule has 4 heterocycles. The third-order valence-corrected chi connectivity index (χ3v) is 18.7. The molecule has 0 spiro atoms. The average molecular weight is 1160 g/mol. The third kappa shape index (κ3) is 10.1. The standard InChI is InChI=1S/C82H87BN4O/c1-77(2,3)54-25-36-60(37-26-54)84(61-38-27-55(28-39-61)78(4,5)6)65-50-69-73-70(51-65)87(64-44-33-58(34-45-64)81(13,14)15)76-72(66-49-59(82(16,17)18)35-46-68(66)86(76)63-42-31-57(32-43-63)80(10,11)12)83(73)75-74(85(69)62-40-29-56(30-41-62)79(7,8)9)67-48-53(24-47-71(67)88-75)52-22-20-19-21-23-52/h19-51H,1-18H3. The van der Waals surface area contributed by atoms with E-state index in [0.29, 0.717) is 0 Å². The van der Waals surface area contributed by atoms with Crippen LogP contribution in [0.15, 0.2) is 205 Å². The predicted molar refractivity (Wildman–Crippen MR) is 379 cm³/mol. The second-order valence-electron chi connectivity index (χ2n) is 31.3. The monoisotopic (exact) mass is 1150 g/mol. The molecule has 2 aliphatic rings. The SMILES string of the molecule is CC(C)(C)c1ccc(N(c2ccc(C(C)(C)C)cc2)c2cc3c4c(c2)N(c2ccc(C(C)(C)C)cc2)c2c(c5cc(C(C)(C)C)ccc5n2-c2ccc(C(C)(C)C)cc2)B4c2oc4ccc(-c5ccccc5)cc4c2N3c2ccc(C(C)(C)C)cc2)cc1. The highest BCUT2D eigenvalue weighted by molar-refractivity contribution is 7.01. The first-order valence-electron chi connectivity index (χ1n) is 31.9.